The van der Waals surface area contributed by atoms with Gasteiger partial charge in [-0.1, -0.05) is 0 Å². The molecule has 2 rings (SSSR count). The van der Waals surface area contributed by atoms with E-state index in [1.807, 2.05) is 27.0 Å². The third-order valence-corrected chi connectivity index (χ3v) is 2.45. The molecule has 0 amide bonds. The monoisotopic (exact) mass is 206 g/mol. The highest BCUT2D eigenvalue weighted by Crippen LogP contribution is 2.26. The third-order valence-electron chi connectivity index (χ3n) is 2.45. The van der Waals surface area contributed by atoms with Gasteiger partial charge in [-0.25, -0.2) is 4.98 Å². The Labute approximate surface area is 88.3 Å². The zero-order valence-electron chi connectivity index (χ0n) is 9.07. The molecule has 2 heterocycles. The molecule has 1 N–H and O–H groups in total. The van der Waals surface area contributed by atoms with Crippen molar-refractivity contribution in [3.05, 3.63) is 30.2 Å². The lowest BCUT2D eigenvalue weighted by atomic mass is 10.2. The van der Waals surface area contributed by atoms with Gasteiger partial charge in [0.1, 0.15) is 5.76 Å². The first-order valence-corrected chi connectivity index (χ1v) is 4.90. The van der Waals surface area contributed by atoms with Crippen LogP contribution in [0.1, 0.15) is 24.6 Å². The van der Waals surface area contributed by atoms with Crippen molar-refractivity contribution in [2.45, 2.75) is 19.9 Å². The second kappa shape index (κ2) is 3.90. The molecule has 2 aromatic rings. The van der Waals surface area contributed by atoms with Crippen molar-refractivity contribution in [1.29, 1.82) is 0 Å². The lowest BCUT2D eigenvalue weighted by Crippen LogP contribution is -2.12. The zero-order chi connectivity index (χ0) is 10.8. The van der Waals surface area contributed by atoms with E-state index in [0.29, 0.717) is 5.89 Å². The summed E-state index contributed by atoms with van der Waals surface area (Å²) in [6.07, 6.45) is 3.37. The number of aryl methyl sites for hydroxylation is 1. The lowest BCUT2D eigenvalue weighted by molar-refractivity contribution is 0.440. The largest absolute Gasteiger partial charge is 0.469 e. The van der Waals surface area contributed by atoms with E-state index in [0.717, 1.165) is 17.1 Å². The van der Waals surface area contributed by atoms with E-state index in [2.05, 4.69) is 10.3 Å². The van der Waals surface area contributed by atoms with E-state index in [1.165, 1.54) is 0 Å². The Kier molecular flexibility index (Phi) is 2.60. The number of aromatic nitrogens is 1. The van der Waals surface area contributed by atoms with E-state index in [4.69, 9.17) is 8.83 Å². The summed E-state index contributed by atoms with van der Waals surface area (Å²) in [6.45, 7) is 3.90. The summed E-state index contributed by atoms with van der Waals surface area (Å²) < 4.78 is 10.8. The van der Waals surface area contributed by atoms with E-state index >= 15 is 0 Å². The summed E-state index contributed by atoms with van der Waals surface area (Å²) >= 11 is 0. The van der Waals surface area contributed by atoms with E-state index in [1.54, 1.807) is 12.5 Å². The number of hydrogen-bond donors (Lipinski definition) is 1. The quantitative estimate of drug-likeness (QED) is 0.838. The average Bonchev–Trinajstić information content (AvgIpc) is 2.84. The predicted octanol–water partition coefficient (Wildman–Crippen LogP) is 2.52. The molecule has 0 aromatic carbocycles. The normalized spacial score (nSPS) is 13.0. The zero-order valence-corrected chi connectivity index (χ0v) is 9.07. The van der Waals surface area contributed by atoms with Gasteiger partial charge in [0.2, 0.25) is 5.89 Å². The minimum absolute atomic E-state index is 0.117. The van der Waals surface area contributed by atoms with Crippen LogP contribution in [0.15, 0.2) is 27.4 Å². The van der Waals surface area contributed by atoms with Crippen LogP contribution in [0.4, 0.5) is 0 Å². The highest BCUT2D eigenvalue weighted by atomic mass is 16.4. The number of hydrogen-bond acceptors (Lipinski definition) is 4. The van der Waals surface area contributed by atoms with Crippen LogP contribution in [0.5, 0.6) is 0 Å². The minimum atomic E-state index is 0.117. The van der Waals surface area contributed by atoms with Crippen molar-refractivity contribution < 1.29 is 8.83 Å². The van der Waals surface area contributed by atoms with Crippen LogP contribution in [-0.2, 0) is 0 Å². The van der Waals surface area contributed by atoms with Gasteiger partial charge < -0.3 is 14.2 Å². The van der Waals surface area contributed by atoms with Crippen molar-refractivity contribution in [1.82, 2.24) is 10.3 Å². The Morgan fingerprint density at radius 3 is 2.87 bits per heavy atom. The van der Waals surface area contributed by atoms with Gasteiger partial charge in [-0.2, -0.15) is 0 Å². The maximum Gasteiger partial charge on any atom is 0.211 e. The molecule has 4 nitrogen and oxygen atoms in total. The molecule has 0 fully saturated rings. The second-order valence-electron chi connectivity index (χ2n) is 3.46. The molecule has 0 spiro atoms. The summed E-state index contributed by atoms with van der Waals surface area (Å²) in [4.78, 5) is 4.21. The Hall–Kier alpha value is -1.55. The Balaban J connectivity index is 2.32. The molecule has 15 heavy (non-hydrogen) atoms. The fourth-order valence-corrected chi connectivity index (χ4v) is 1.38. The van der Waals surface area contributed by atoms with E-state index < -0.39 is 0 Å². The molecule has 0 aliphatic heterocycles. The molecular formula is C11H14N2O2. The van der Waals surface area contributed by atoms with Crippen LogP contribution in [-0.4, -0.2) is 12.0 Å². The molecule has 0 saturated heterocycles. The first kappa shape index (κ1) is 9.98. The van der Waals surface area contributed by atoms with Gasteiger partial charge in [-0.3, -0.25) is 0 Å². The van der Waals surface area contributed by atoms with Crippen molar-refractivity contribution in [2.75, 3.05) is 7.05 Å². The number of furan rings is 1. The van der Waals surface area contributed by atoms with Crippen LogP contribution in [0.2, 0.25) is 0 Å². The fraction of sp³-hybridized carbons (Fsp3) is 0.364. The minimum Gasteiger partial charge on any atom is -0.469 e. The summed E-state index contributed by atoms with van der Waals surface area (Å²) in [5.41, 5.74) is 0.956. The Morgan fingerprint density at radius 1 is 1.47 bits per heavy atom. The predicted molar refractivity (Wildman–Crippen MR) is 56.4 cm³/mol. The van der Waals surface area contributed by atoms with Gasteiger partial charge in [0.05, 0.1) is 24.1 Å². The van der Waals surface area contributed by atoms with Crippen LogP contribution in [0.25, 0.3) is 11.3 Å². The van der Waals surface area contributed by atoms with Gasteiger partial charge in [0.25, 0.3) is 0 Å². The van der Waals surface area contributed by atoms with Crippen molar-refractivity contribution in [2.24, 2.45) is 0 Å². The summed E-state index contributed by atoms with van der Waals surface area (Å²) in [7, 11) is 1.87. The first-order valence-electron chi connectivity index (χ1n) is 4.90. The van der Waals surface area contributed by atoms with Crippen molar-refractivity contribution in [3.8, 4) is 11.3 Å². The summed E-state index contributed by atoms with van der Waals surface area (Å²) in [5, 5.41) is 3.07. The average molecular weight is 206 g/mol. The Bertz CT molecular complexity index is 445. The van der Waals surface area contributed by atoms with Gasteiger partial charge in [-0.15, -0.1) is 0 Å². The fourth-order valence-electron chi connectivity index (χ4n) is 1.38. The van der Waals surface area contributed by atoms with Gasteiger partial charge in [-0.05, 0) is 27.0 Å². The van der Waals surface area contributed by atoms with E-state index in [-0.39, 0.29) is 6.04 Å². The molecule has 80 valence electrons. The highest BCUT2D eigenvalue weighted by Gasteiger charge is 2.13. The summed E-state index contributed by atoms with van der Waals surface area (Å²) in [5.74, 6) is 2.28. The van der Waals surface area contributed by atoms with Gasteiger partial charge in [0, 0.05) is 0 Å². The molecule has 1 atom stereocenters. The lowest BCUT2D eigenvalue weighted by Gasteiger charge is -2.03. The number of rotatable bonds is 3. The van der Waals surface area contributed by atoms with Gasteiger partial charge in [0.15, 0.2) is 5.76 Å². The Morgan fingerprint density at radius 2 is 2.27 bits per heavy atom. The van der Waals surface area contributed by atoms with E-state index in [9.17, 15) is 0 Å². The molecule has 0 radical (unpaired) electrons. The second-order valence-corrected chi connectivity index (χ2v) is 3.46. The van der Waals surface area contributed by atoms with Crippen molar-refractivity contribution >= 4 is 0 Å². The number of oxazole rings is 1. The molecular weight excluding hydrogens is 192 g/mol. The van der Waals surface area contributed by atoms with Crippen LogP contribution in [0.3, 0.4) is 0 Å². The molecule has 0 saturated carbocycles. The molecule has 0 aliphatic rings. The standard InChI is InChI=1S/C11H14N2O2/c1-7(12-3)11-13-6-10(15-11)9-4-5-14-8(9)2/h4-7,12H,1-3H3. The maximum atomic E-state index is 5.63. The summed E-state index contributed by atoms with van der Waals surface area (Å²) in [6, 6.07) is 2.00. The van der Waals surface area contributed by atoms with Crippen LogP contribution < -0.4 is 5.32 Å². The molecule has 2 aromatic heterocycles. The molecule has 0 bridgehead atoms. The maximum absolute atomic E-state index is 5.63. The molecule has 0 aliphatic carbocycles. The number of nitrogens with zero attached hydrogens (tertiary/aromatic N) is 1. The van der Waals surface area contributed by atoms with Crippen molar-refractivity contribution in [3.63, 3.8) is 0 Å². The van der Waals surface area contributed by atoms with Gasteiger partial charge >= 0.3 is 0 Å². The smallest absolute Gasteiger partial charge is 0.211 e. The first-order chi connectivity index (χ1) is 7.22. The molecule has 1 unspecified atom stereocenters. The third kappa shape index (κ3) is 1.80. The van der Waals surface area contributed by atoms with Crippen LogP contribution in [0, 0.1) is 6.92 Å². The number of nitrogens with one attached hydrogen (secondary N) is 1. The topological polar surface area (TPSA) is 51.2 Å². The van der Waals surface area contributed by atoms with Crippen LogP contribution >= 0.6 is 0 Å². The molecule has 4 heteroatoms. The SMILES string of the molecule is CNC(C)c1ncc(-c2ccoc2C)o1. The highest BCUT2D eigenvalue weighted by molar-refractivity contribution is 5.58.